The standard InChI is InChI=1S/C13H12FN3O3S/c1-6(2)10-11(21-17-16-10)12(18)15-9-4-3-7(14)5-8(9)13(19)20/h3-6H,1-2H3,(H,15,18)(H,19,20). The number of hydrogen-bond acceptors (Lipinski definition) is 5. The Morgan fingerprint density at radius 2 is 2.10 bits per heavy atom. The van der Waals surface area contributed by atoms with Gasteiger partial charge >= 0.3 is 5.97 Å². The summed E-state index contributed by atoms with van der Waals surface area (Å²) in [7, 11) is 0. The molecule has 8 heteroatoms. The van der Waals surface area contributed by atoms with Gasteiger partial charge < -0.3 is 10.4 Å². The maximum atomic E-state index is 13.1. The fraction of sp³-hybridized carbons (Fsp3) is 0.231. The number of carbonyl (C=O) groups excluding carboxylic acids is 1. The van der Waals surface area contributed by atoms with Gasteiger partial charge in [-0.2, -0.15) is 0 Å². The predicted octanol–water partition coefficient (Wildman–Crippen LogP) is 2.75. The molecule has 0 saturated carbocycles. The summed E-state index contributed by atoms with van der Waals surface area (Å²) in [5, 5.41) is 15.4. The van der Waals surface area contributed by atoms with Gasteiger partial charge in [0.2, 0.25) is 0 Å². The average molecular weight is 309 g/mol. The second-order valence-corrected chi connectivity index (χ2v) is 5.35. The van der Waals surface area contributed by atoms with Gasteiger partial charge in [0.1, 0.15) is 10.7 Å². The van der Waals surface area contributed by atoms with Gasteiger partial charge in [-0.1, -0.05) is 18.3 Å². The van der Waals surface area contributed by atoms with Crippen LogP contribution in [0.4, 0.5) is 10.1 Å². The van der Waals surface area contributed by atoms with Gasteiger partial charge in [0.05, 0.1) is 16.9 Å². The number of aromatic nitrogens is 2. The van der Waals surface area contributed by atoms with E-state index in [-0.39, 0.29) is 17.2 Å². The zero-order valence-electron chi connectivity index (χ0n) is 11.3. The van der Waals surface area contributed by atoms with Crippen molar-refractivity contribution in [3.8, 4) is 0 Å². The Morgan fingerprint density at radius 1 is 1.38 bits per heavy atom. The van der Waals surface area contributed by atoms with Gasteiger partial charge in [-0.15, -0.1) is 5.10 Å². The van der Waals surface area contributed by atoms with Crippen LogP contribution in [0.5, 0.6) is 0 Å². The monoisotopic (exact) mass is 309 g/mol. The molecule has 0 radical (unpaired) electrons. The van der Waals surface area contributed by atoms with Crippen LogP contribution in [0.3, 0.4) is 0 Å². The molecule has 0 aliphatic heterocycles. The zero-order chi connectivity index (χ0) is 15.6. The molecule has 6 nitrogen and oxygen atoms in total. The minimum atomic E-state index is -1.32. The van der Waals surface area contributed by atoms with Crippen molar-refractivity contribution in [3.63, 3.8) is 0 Å². The highest BCUT2D eigenvalue weighted by Crippen LogP contribution is 2.23. The second-order valence-electron chi connectivity index (χ2n) is 4.59. The molecule has 0 aliphatic carbocycles. The molecule has 0 saturated heterocycles. The molecule has 0 aliphatic rings. The van der Waals surface area contributed by atoms with E-state index in [4.69, 9.17) is 5.11 Å². The Hall–Kier alpha value is -2.35. The number of aromatic carboxylic acids is 1. The molecule has 21 heavy (non-hydrogen) atoms. The van der Waals surface area contributed by atoms with Crippen LogP contribution in [0.2, 0.25) is 0 Å². The van der Waals surface area contributed by atoms with Gasteiger partial charge in [-0.05, 0) is 35.6 Å². The SMILES string of the molecule is CC(C)c1nnsc1C(=O)Nc1ccc(F)cc1C(=O)O. The van der Waals surface area contributed by atoms with Crippen molar-refractivity contribution in [1.29, 1.82) is 0 Å². The summed E-state index contributed by atoms with van der Waals surface area (Å²) in [6, 6.07) is 3.14. The number of benzene rings is 1. The molecule has 2 aromatic rings. The summed E-state index contributed by atoms with van der Waals surface area (Å²) in [4.78, 5) is 23.6. The number of carboxylic acid groups (broad SMARTS) is 1. The van der Waals surface area contributed by atoms with Crippen LogP contribution in [0, 0.1) is 5.82 Å². The molecule has 1 aromatic heterocycles. The lowest BCUT2D eigenvalue weighted by Gasteiger charge is -2.09. The molecule has 1 amide bonds. The quantitative estimate of drug-likeness (QED) is 0.906. The fourth-order valence-corrected chi connectivity index (χ4v) is 2.43. The van der Waals surface area contributed by atoms with Gasteiger partial charge in [0.15, 0.2) is 0 Å². The molecule has 0 unspecified atom stereocenters. The Labute approximate surface area is 123 Å². The molecular weight excluding hydrogens is 297 g/mol. The molecule has 0 bridgehead atoms. The summed E-state index contributed by atoms with van der Waals surface area (Å²) < 4.78 is 16.8. The fourth-order valence-electron chi connectivity index (χ4n) is 1.71. The van der Waals surface area contributed by atoms with Crippen molar-refractivity contribution >= 4 is 29.1 Å². The summed E-state index contributed by atoms with van der Waals surface area (Å²) in [5.74, 6) is -2.51. The number of nitrogens with zero attached hydrogens (tertiary/aromatic N) is 2. The van der Waals surface area contributed by atoms with Crippen molar-refractivity contribution < 1.29 is 19.1 Å². The van der Waals surface area contributed by atoms with E-state index in [1.165, 1.54) is 6.07 Å². The van der Waals surface area contributed by atoms with E-state index in [1.807, 2.05) is 13.8 Å². The van der Waals surface area contributed by atoms with Crippen LogP contribution < -0.4 is 5.32 Å². The lowest BCUT2D eigenvalue weighted by Crippen LogP contribution is -2.15. The highest BCUT2D eigenvalue weighted by Gasteiger charge is 2.21. The van der Waals surface area contributed by atoms with Crippen LogP contribution in [0.1, 0.15) is 45.5 Å². The molecule has 110 valence electrons. The largest absolute Gasteiger partial charge is 0.478 e. The van der Waals surface area contributed by atoms with E-state index >= 15 is 0 Å². The second kappa shape index (κ2) is 5.96. The normalized spacial score (nSPS) is 10.7. The molecule has 1 aromatic carbocycles. The van der Waals surface area contributed by atoms with E-state index in [1.54, 1.807) is 0 Å². The molecule has 1 heterocycles. The third kappa shape index (κ3) is 3.22. The van der Waals surface area contributed by atoms with Crippen molar-refractivity contribution in [2.45, 2.75) is 19.8 Å². The van der Waals surface area contributed by atoms with Crippen LogP contribution in [0.15, 0.2) is 18.2 Å². The Kier molecular flexibility index (Phi) is 4.27. The summed E-state index contributed by atoms with van der Waals surface area (Å²) in [5.41, 5.74) is 0.250. The first-order chi connectivity index (χ1) is 9.90. The Bertz CT molecular complexity index is 700. The smallest absolute Gasteiger partial charge is 0.337 e. The third-order valence-electron chi connectivity index (χ3n) is 2.73. The summed E-state index contributed by atoms with van der Waals surface area (Å²) >= 11 is 0.928. The molecule has 0 spiro atoms. The topological polar surface area (TPSA) is 92.2 Å². The number of amides is 1. The van der Waals surface area contributed by atoms with Crippen molar-refractivity contribution in [2.75, 3.05) is 5.32 Å². The van der Waals surface area contributed by atoms with Crippen LogP contribution in [0.25, 0.3) is 0 Å². The maximum absolute atomic E-state index is 13.1. The molecule has 0 atom stereocenters. The van der Waals surface area contributed by atoms with E-state index in [2.05, 4.69) is 14.9 Å². The third-order valence-corrected chi connectivity index (χ3v) is 3.47. The van der Waals surface area contributed by atoms with E-state index in [0.29, 0.717) is 10.6 Å². The van der Waals surface area contributed by atoms with Crippen LogP contribution >= 0.6 is 11.5 Å². The maximum Gasteiger partial charge on any atom is 0.337 e. The van der Waals surface area contributed by atoms with Crippen molar-refractivity contribution in [2.24, 2.45) is 0 Å². The zero-order valence-corrected chi connectivity index (χ0v) is 12.1. The predicted molar refractivity (Wildman–Crippen MR) is 75.3 cm³/mol. The van der Waals surface area contributed by atoms with Crippen LogP contribution in [-0.2, 0) is 0 Å². The minimum absolute atomic E-state index is 0.0108. The number of carboxylic acids is 1. The van der Waals surface area contributed by atoms with Gasteiger partial charge in [-0.3, -0.25) is 4.79 Å². The Balaban J connectivity index is 2.32. The highest BCUT2D eigenvalue weighted by atomic mass is 32.1. The summed E-state index contributed by atoms with van der Waals surface area (Å²) in [6.07, 6.45) is 0. The van der Waals surface area contributed by atoms with Crippen molar-refractivity contribution in [1.82, 2.24) is 9.59 Å². The molecule has 2 rings (SSSR count). The number of halogens is 1. The van der Waals surface area contributed by atoms with E-state index in [9.17, 15) is 14.0 Å². The average Bonchev–Trinajstić information content (AvgIpc) is 2.90. The Morgan fingerprint density at radius 3 is 2.71 bits per heavy atom. The van der Waals surface area contributed by atoms with Crippen LogP contribution in [-0.4, -0.2) is 26.6 Å². The van der Waals surface area contributed by atoms with Gasteiger partial charge in [0.25, 0.3) is 5.91 Å². The number of hydrogen-bond donors (Lipinski definition) is 2. The highest BCUT2D eigenvalue weighted by molar-refractivity contribution is 7.08. The van der Waals surface area contributed by atoms with E-state index in [0.717, 1.165) is 23.7 Å². The molecular formula is C13H12FN3O3S. The first-order valence-corrected chi connectivity index (χ1v) is 6.84. The number of carbonyl (C=O) groups is 2. The first-order valence-electron chi connectivity index (χ1n) is 6.06. The molecule has 2 N–H and O–H groups in total. The minimum Gasteiger partial charge on any atom is -0.478 e. The molecule has 0 fully saturated rings. The summed E-state index contributed by atoms with van der Waals surface area (Å²) in [6.45, 7) is 3.74. The van der Waals surface area contributed by atoms with E-state index < -0.39 is 17.7 Å². The lowest BCUT2D eigenvalue weighted by atomic mass is 10.1. The number of nitrogens with one attached hydrogen (secondary N) is 1. The first kappa shape index (κ1) is 15.0. The van der Waals surface area contributed by atoms with Gasteiger partial charge in [0, 0.05) is 0 Å². The van der Waals surface area contributed by atoms with Gasteiger partial charge in [-0.25, -0.2) is 9.18 Å². The van der Waals surface area contributed by atoms with Crippen molar-refractivity contribution in [3.05, 3.63) is 40.2 Å². The number of anilines is 1. The lowest BCUT2D eigenvalue weighted by molar-refractivity contribution is 0.0697. The number of rotatable bonds is 4.